The third-order valence-corrected chi connectivity index (χ3v) is 2.75. The van der Waals surface area contributed by atoms with Crippen LogP contribution in [0.4, 0.5) is 0 Å². The van der Waals surface area contributed by atoms with Gasteiger partial charge in [0.05, 0.1) is 13.0 Å². The zero-order valence-electron chi connectivity index (χ0n) is 11.0. The highest BCUT2D eigenvalue weighted by Gasteiger charge is 2.06. The smallest absolute Gasteiger partial charge is 0.323 e. The number of carbonyl (C=O) groups excluding carboxylic acids is 1. The van der Waals surface area contributed by atoms with E-state index < -0.39 is 0 Å². The molecule has 0 atom stereocenters. The molecule has 1 aromatic heterocycles. The van der Waals surface area contributed by atoms with Gasteiger partial charge in [-0.3, -0.25) is 4.79 Å². The summed E-state index contributed by atoms with van der Waals surface area (Å²) in [6.07, 6.45) is 8.62. The Morgan fingerprint density at radius 1 is 1.22 bits per heavy atom. The summed E-state index contributed by atoms with van der Waals surface area (Å²) >= 11 is 0. The predicted octanol–water partition coefficient (Wildman–Crippen LogP) is 2.15. The molecule has 1 rings (SSSR count). The average Bonchev–Trinajstić information content (AvgIpc) is 2.73. The van der Waals surface area contributed by atoms with Crippen LogP contribution < -0.4 is 5.69 Å². The Labute approximate surface area is 107 Å². The van der Waals surface area contributed by atoms with Gasteiger partial charge in [0.2, 0.25) is 0 Å². The number of aromatic amines is 2. The quantitative estimate of drug-likeness (QED) is 0.523. The molecule has 0 aromatic carbocycles. The van der Waals surface area contributed by atoms with Gasteiger partial charge in [-0.05, 0) is 6.42 Å². The Hall–Kier alpha value is -1.52. The minimum Gasteiger partial charge on any atom is -0.465 e. The lowest BCUT2D eigenvalue weighted by molar-refractivity contribution is -0.143. The van der Waals surface area contributed by atoms with Crippen molar-refractivity contribution in [1.29, 1.82) is 0 Å². The van der Waals surface area contributed by atoms with Gasteiger partial charge in [0.25, 0.3) is 0 Å². The van der Waals surface area contributed by atoms with E-state index >= 15 is 0 Å². The van der Waals surface area contributed by atoms with Crippen LogP contribution in [-0.4, -0.2) is 22.5 Å². The lowest BCUT2D eigenvalue weighted by atomic mass is 10.1. The number of rotatable bonds is 9. The molecule has 1 heterocycles. The van der Waals surface area contributed by atoms with Crippen molar-refractivity contribution in [3.8, 4) is 0 Å². The van der Waals surface area contributed by atoms with E-state index in [1.54, 1.807) is 0 Å². The maximum Gasteiger partial charge on any atom is 0.323 e. The van der Waals surface area contributed by atoms with E-state index in [-0.39, 0.29) is 18.1 Å². The molecular weight excluding hydrogens is 232 g/mol. The van der Waals surface area contributed by atoms with E-state index in [1.165, 1.54) is 31.9 Å². The fourth-order valence-electron chi connectivity index (χ4n) is 1.74. The summed E-state index contributed by atoms with van der Waals surface area (Å²) in [5, 5.41) is 0. The molecular formula is C13H22N2O3. The molecule has 0 fully saturated rings. The summed E-state index contributed by atoms with van der Waals surface area (Å²) in [4.78, 5) is 27.2. The maximum atomic E-state index is 11.4. The van der Waals surface area contributed by atoms with E-state index in [4.69, 9.17) is 4.74 Å². The number of carbonyl (C=O) groups is 1. The van der Waals surface area contributed by atoms with Crippen molar-refractivity contribution in [3.05, 3.63) is 22.4 Å². The largest absolute Gasteiger partial charge is 0.465 e. The second kappa shape index (κ2) is 8.55. The topological polar surface area (TPSA) is 75.0 Å². The van der Waals surface area contributed by atoms with Crippen molar-refractivity contribution >= 4 is 5.97 Å². The highest BCUT2D eigenvalue weighted by Crippen LogP contribution is 2.05. The first-order valence-electron chi connectivity index (χ1n) is 6.64. The third kappa shape index (κ3) is 6.27. The van der Waals surface area contributed by atoms with Crippen LogP contribution in [0.2, 0.25) is 0 Å². The fourth-order valence-corrected chi connectivity index (χ4v) is 1.74. The lowest BCUT2D eigenvalue weighted by Gasteiger charge is -2.03. The van der Waals surface area contributed by atoms with Gasteiger partial charge >= 0.3 is 11.7 Å². The minimum absolute atomic E-state index is 0.120. The summed E-state index contributed by atoms with van der Waals surface area (Å²) in [5.74, 6) is -0.293. The molecule has 102 valence electrons. The number of hydrogen-bond donors (Lipinski definition) is 2. The summed E-state index contributed by atoms with van der Waals surface area (Å²) < 4.78 is 5.09. The highest BCUT2D eigenvalue weighted by atomic mass is 16.5. The Morgan fingerprint density at radius 2 is 1.94 bits per heavy atom. The summed E-state index contributed by atoms with van der Waals surface area (Å²) in [5.41, 5.74) is 0.265. The second-order valence-electron chi connectivity index (χ2n) is 4.43. The van der Waals surface area contributed by atoms with Crippen molar-refractivity contribution in [1.82, 2.24) is 9.97 Å². The van der Waals surface area contributed by atoms with Crippen LogP contribution in [0.15, 0.2) is 11.0 Å². The zero-order valence-corrected chi connectivity index (χ0v) is 11.0. The molecule has 0 radical (unpaired) electrons. The van der Waals surface area contributed by atoms with Crippen LogP contribution in [0.5, 0.6) is 0 Å². The Morgan fingerprint density at radius 3 is 2.61 bits per heavy atom. The summed E-state index contributed by atoms with van der Waals surface area (Å²) in [6.45, 7) is 2.66. The second-order valence-corrected chi connectivity index (χ2v) is 4.43. The zero-order chi connectivity index (χ0) is 13.2. The van der Waals surface area contributed by atoms with Crippen molar-refractivity contribution in [2.75, 3.05) is 6.61 Å². The fraction of sp³-hybridized carbons (Fsp3) is 0.692. The lowest BCUT2D eigenvalue weighted by Crippen LogP contribution is -2.10. The molecule has 5 heteroatoms. The number of hydrogen-bond acceptors (Lipinski definition) is 3. The number of aromatic nitrogens is 2. The normalized spacial score (nSPS) is 10.5. The van der Waals surface area contributed by atoms with Gasteiger partial charge in [-0.2, -0.15) is 0 Å². The Kier molecular flexibility index (Phi) is 6.91. The van der Waals surface area contributed by atoms with E-state index in [0.717, 1.165) is 12.8 Å². The molecule has 0 bridgehead atoms. The van der Waals surface area contributed by atoms with E-state index in [0.29, 0.717) is 12.3 Å². The maximum absolute atomic E-state index is 11.4. The van der Waals surface area contributed by atoms with Crippen LogP contribution in [-0.2, 0) is 16.0 Å². The Bertz CT molecular complexity index is 395. The molecule has 18 heavy (non-hydrogen) atoms. The number of ether oxygens (including phenoxy) is 1. The summed E-state index contributed by atoms with van der Waals surface area (Å²) in [6, 6.07) is 0. The number of esters is 1. The molecule has 0 saturated carbocycles. The average molecular weight is 254 g/mol. The van der Waals surface area contributed by atoms with E-state index in [9.17, 15) is 9.59 Å². The van der Waals surface area contributed by atoms with Gasteiger partial charge in [0, 0.05) is 11.9 Å². The van der Waals surface area contributed by atoms with Gasteiger partial charge < -0.3 is 14.7 Å². The monoisotopic (exact) mass is 254 g/mol. The molecule has 0 aliphatic heterocycles. The number of unbranched alkanes of at least 4 members (excludes halogenated alkanes) is 5. The van der Waals surface area contributed by atoms with Gasteiger partial charge in [0.1, 0.15) is 0 Å². The molecule has 0 unspecified atom stereocenters. The van der Waals surface area contributed by atoms with Gasteiger partial charge in [-0.1, -0.05) is 39.0 Å². The van der Waals surface area contributed by atoms with Crippen LogP contribution in [0.1, 0.15) is 51.1 Å². The molecule has 0 amide bonds. The van der Waals surface area contributed by atoms with Crippen LogP contribution in [0, 0.1) is 0 Å². The van der Waals surface area contributed by atoms with Gasteiger partial charge in [-0.15, -0.1) is 0 Å². The van der Waals surface area contributed by atoms with E-state index in [1.807, 2.05) is 0 Å². The van der Waals surface area contributed by atoms with Crippen molar-refractivity contribution in [3.63, 3.8) is 0 Å². The molecule has 1 aromatic rings. The standard InChI is InChI=1S/C13H22N2O3/c1-2-3-4-5-6-7-8-18-12(16)9-11-10-14-13(17)15-11/h10H,2-9H2,1H3,(H2,14,15,17). The van der Waals surface area contributed by atoms with Gasteiger partial charge in [0.15, 0.2) is 0 Å². The number of imidazole rings is 1. The SMILES string of the molecule is CCCCCCCCOC(=O)Cc1c[nH]c(=O)[nH]1. The van der Waals surface area contributed by atoms with Crippen LogP contribution in [0.25, 0.3) is 0 Å². The summed E-state index contributed by atoms with van der Waals surface area (Å²) in [7, 11) is 0. The molecule has 2 N–H and O–H groups in total. The first kappa shape index (κ1) is 14.5. The number of H-pyrrole nitrogens is 2. The molecule has 5 nitrogen and oxygen atoms in total. The van der Waals surface area contributed by atoms with Gasteiger partial charge in [-0.25, -0.2) is 4.79 Å². The van der Waals surface area contributed by atoms with Crippen molar-refractivity contribution in [2.45, 2.75) is 51.9 Å². The van der Waals surface area contributed by atoms with Crippen molar-refractivity contribution in [2.24, 2.45) is 0 Å². The van der Waals surface area contributed by atoms with Crippen LogP contribution >= 0.6 is 0 Å². The molecule has 0 saturated heterocycles. The van der Waals surface area contributed by atoms with Crippen LogP contribution in [0.3, 0.4) is 0 Å². The third-order valence-electron chi connectivity index (χ3n) is 2.75. The predicted molar refractivity (Wildman–Crippen MR) is 69.5 cm³/mol. The molecule has 0 aliphatic carbocycles. The first-order valence-corrected chi connectivity index (χ1v) is 6.64. The minimum atomic E-state index is -0.297. The highest BCUT2D eigenvalue weighted by molar-refractivity contribution is 5.71. The van der Waals surface area contributed by atoms with E-state index in [2.05, 4.69) is 16.9 Å². The molecule has 0 spiro atoms. The molecule has 0 aliphatic rings. The first-order chi connectivity index (χ1) is 8.72. The van der Waals surface area contributed by atoms with Crippen molar-refractivity contribution < 1.29 is 9.53 Å². The Balaban J connectivity index is 2.02. The number of nitrogens with one attached hydrogen (secondary N) is 2.